The topological polar surface area (TPSA) is 29.1 Å². The molecule has 15 heavy (non-hydrogen) atoms. The Morgan fingerprint density at radius 2 is 2.07 bits per heavy atom. The Bertz CT molecular complexity index is 300. The monoisotopic (exact) mass is 269 g/mol. The van der Waals surface area contributed by atoms with Crippen molar-refractivity contribution in [2.24, 2.45) is 0 Å². The molecule has 0 aromatic heterocycles. The van der Waals surface area contributed by atoms with Gasteiger partial charge in [0.15, 0.2) is 0 Å². The summed E-state index contributed by atoms with van der Waals surface area (Å²) in [5, 5.41) is 2.90. The first kappa shape index (κ1) is 12.2. The highest BCUT2D eigenvalue weighted by atomic mass is 79.9. The third kappa shape index (κ3) is 4.47. The molecule has 2 nitrogen and oxygen atoms in total. The molecule has 1 unspecified atom stereocenters. The van der Waals surface area contributed by atoms with Crippen LogP contribution < -0.4 is 5.32 Å². The summed E-state index contributed by atoms with van der Waals surface area (Å²) in [6.07, 6.45) is 1.88. The van der Waals surface area contributed by atoms with E-state index in [1.54, 1.807) is 0 Å². The summed E-state index contributed by atoms with van der Waals surface area (Å²) in [4.78, 5) is 11.5. The van der Waals surface area contributed by atoms with E-state index in [2.05, 4.69) is 28.2 Å². The van der Waals surface area contributed by atoms with Crippen LogP contribution >= 0.6 is 15.9 Å². The molecule has 1 N–H and O–H groups in total. The fourth-order valence-electron chi connectivity index (χ4n) is 1.28. The highest BCUT2D eigenvalue weighted by Crippen LogP contribution is 2.08. The Morgan fingerprint density at radius 1 is 1.40 bits per heavy atom. The van der Waals surface area contributed by atoms with Gasteiger partial charge in [-0.15, -0.1) is 0 Å². The lowest BCUT2D eigenvalue weighted by Crippen LogP contribution is -2.30. The molecule has 0 saturated carbocycles. The second-order valence-electron chi connectivity index (χ2n) is 3.46. The van der Waals surface area contributed by atoms with Crippen molar-refractivity contribution < 1.29 is 4.79 Å². The van der Waals surface area contributed by atoms with Crippen molar-refractivity contribution in [3.63, 3.8) is 0 Å². The van der Waals surface area contributed by atoms with Gasteiger partial charge in [-0.1, -0.05) is 59.6 Å². The van der Waals surface area contributed by atoms with Gasteiger partial charge in [-0.25, -0.2) is 0 Å². The zero-order chi connectivity index (χ0) is 11.1. The highest BCUT2D eigenvalue weighted by molar-refractivity contribution is 9.10. The van der Waals surface area contributed by atoms with Gasteiger partial charge in [0, 0.05) is 6.54 Å². The van der Waals surface area contributed by atoms with Crippen molar-refractivity contribution in [3.8, 4) is 0 Å². The minimum atomic E-state index is -0.0637. The Hall–Kier alpha value is -0.830. The molecular formula is C12H16BrNO. The van der Waals surface area contributed by atoms with Gasteiger partial charge < -0.3 is 5.32 Å². The van der Waals surface area contributed by atoms with E-state index in [0.29, 0.717) is 6.54 Å². The quantitative estimate of drug-likeness (QED) is 0.819. The molecule has 0 aliphatic rings. The Kier molecular flexibility index (Phi) is 5.40. The van der Waals surface area contributed by atoms with Gasteiger partial charge >= 0.3 is 0 Å². The largest absolute Gasteiger partial charge is 0.351 e. The molecule has 1 rings (SSSR count). The minimum Gasteiger partial charge on any atom is -0.351 e. The first-order chi connectivity index (χ1) is 7.24. The lowest BCUT2D eigenvalue weighted by atomic mass is 10.2. The van der Waals surface area contributed by atoms with Gasteiger partial charge in [0.25, 0.3) is 0 Å². The maximum atomic E-state index is 11.5. The van der Waals surface area contributed by atoms with E-state index >= 15 is 0 Å². The van der Waals surface area contributed by atoms with E-state index in [1.807, 2.05) is 30.3 Å². The summed E-state index contributed by atoms with van der Waals surface area (Å²) in [6.45, 7) is 2.67. The molecule has 82 valence electrons. The Balaban J connectivity index is 2.34. The smallest absolute Gasteiger partial charge is 0.234 e. The Morgan fingerprint density at radius 3 is 2.67 bits per heavy atom. The molecule has 0 radical (unpaired) electrons. The van der Waals surface area contributed by atoms with Crippen molar-refractivity contribution in [2.45, 2.75) is 31.1 Å². The minimum absolute atomic E-state index is 0.0637. The fourth-order valence-corrected chi connectivity index (χ4v) is 1.90. The molecular weight excluding hydrogens is 254 g/mol. The standard InChI is InChI=1S/C12H16BrNO/c1-2-6-11(13)12(15)14-9-10-7-4-3-5-8-10/h3-5,7-8,11H,2,6,9H2,1H3,(H,14,15). The molecule has 0 aliphatic heterocycles. The Labute approximate surface area is 99.2 Å². The zero-order valence-electron chi connectivity index (χ0n) is 8.87. The number of hydrogen-bond donors (Lipinski definition) is 1. The predicted molar refractivity (Wildman–Crippen MR) is 65.9 cm³/mol. The van der Waals surface area contributed by atoms with Crippen molar-refractivity contribution in [3.05, 3.63) is 35.9 Å². The van der Waals surface area contributed by atoms with Gasteiger partial charge in [0.1, 0.15) is 0 Å². The molecule has 0 saturated heterocycles. The van der Waals surface area contributed by atoms with Crippen LogP contribution in [0.2, 0.25) is 0 Å². The van der Waals surface area contributed by atoms with E-state index in [1.165, 1.54) is 0 Å². The molecule has 0 spiro atoms. The molecule has 0 aliphatic carbocycles. The van der Waals surface area contributed by atoms with E-state index in [9.17, 15) is 4.79 Å². The molecule has 0 heterocycles. The zero-order valence-corrected chi connectivity index (χ0v) is 10.5. The van der Waals surface area contributed by atoms with Gasteiger partial charge in [-0.3, -0.25) is 4.79 Å². The van der Waals surface area contributed by atoms with Crippen molar-refractivity contribution in [2.75, 3.05) is 0 Å². The first-order valence-electron chi connectivity index (χ1n) is 5.19. The molecule has 1 atom stereocenters. The second-order valence-corrected chi connectivity index (χ2v) is 4.56. The van der Waals surface area contributed by atoms with Gasteiger partial charge in [-0.2, -0.15) is 0 Å². The lowest BCUT2D eigenvalue weighted by Gasteiger charge is -2.09. The average Bonchev–Trinajstić information content (AvgIpc) is 2.27. The number of rotatable bonds is 5. The molecule has 0 bridgehead atoms. The van der Waals surface area contributed by atoms with Crippen LogP contribution in [0.4, 0.5) is 0 Å². The highest BCUT2D eigenvalue weighted by Gasteiger charge is 2.12. The number of nitrogens with one attached hydrogen (secondary N) is 1. The summed E-state index contributed by atoms with van der Waals surface area (Å²) >= 11 is 3.36. The van der Waals surface area contributed by atoms with Crippen LogP contribution in [-0.2, 0) is 11.3 Å². The van der Waals surface area contributed by atoms with Crippen LogP contribution in [0.15, 0.2) is 30.3 Å². The van der Waals surface area contributed by atoms with Crippen LogP contribution in [0.5, 0.6) is 0 Å². The van der Waals surface area contributed by atoms with Crippen molar-refractivity contribution in [1.29, 1.82) is 0 Å². The van der Waals surface area contributed by atoms with Gasteiger partial charge in [0.2, 0.25) is 5.91 Å². The summed E-state index contributed by atoms with van der Waals surface area (Å²) in [7, 11) is 0. The average molecular weight is 270 g/mol. The summed E-state index contributed by atoms with van der Waals surface area (Å²) in [5.41, 5.74) is 1.13. The maximum Gasteiger partial charge on any atom is 0.234 e. The van der Waals surface area contributed by atoms with Crippen LogP contribution in [0.3, 0.4) is 0 Å². The fraction of sp³-hybridized carbons (Fsp3) is 0.417. The normalized spacial score (nSPS) is 12.1. The van der Waals surface area contributed by atoms with Crippen molar-refractivity contribution in [1.82, 2.24) is 5.32 Å². The molecule has 1 aromatic rings. The number of benzene rings is 1. The molecule has 1 amide bonds. The summed E-state index contributed by atoms with van der Waals surface area (Å²) < 4.78 is 0. The van der Waals surface area contributed by atoms with E-state index in [0.717, 1.165) is 18.4 Å². The number of carbonyl (C=O) groups is 1. The number of carbonyl (C=O) groups excluding carboxylic acids is 1. The van der Waals surface area contributed by atoms with Crippen molar-refractivity contribution >= 4 is 21.8 Å². The number of halogens is 1. The summed E-state index contributed by atoms with van der Waals surface area (Å²) in [6, 6.07) is 9.92. The third-order valence-corrected chi connectivity index (χ3v) is 3.01. The second kappa shape index (κ2) is 6.62. The lowest BCUT2D eigenvalue weighted by molar-refractivity contribution is -0.120. The number of hydrogen-bond acceptors (Lipinski definition) is 1. The van der Waals surface area contributed by atoms with E-state index in [-0.39, 0.29) is 10.7 Å². The third-order valence-electron chi connectivity index (χ3n) is 2.14. The van der Waals surface area contributed by atoms with E-state index in [4.69, 9.17) is 0 Å². The molecule has 3 heteroatoms. The molecule has 1 aromatic carbocycles. The maximum absolute atomic E-state index is 11.5. The van der Waals surface area contributed by atoms with Crippen LogP contribution in [0, 0.1) is 0 Å². The van der Waals surface area contributed by atoms with Crippen LogP contribution in [-0.4, -0.2) is 10.7 Å². The predicted octanol–water partition coefficient (Wildman–Crippen LogP) is 2.87. The van der Waals surface area contributed by atoms with Crippen LogP contribution in [0.1, 0.15) is 25.3 Å². The number of alkyl halides is 1. The van der Waals surface area contributed by atoms with Gasteiger partial charge in [0.05, 0.1) is 4.83 Å². The SMILES string of the molecule is CCCC(Br)C(=O)NCc1ccccc1. The summed E-state index contributed by atoms with van der Waals surface area (Å²) in [5.74, 6) is 0.0701. The number of amides is 1. The van der Waals surface area contributed by atoms with Gasteiger partial charge in [-0.05, 0) is 12.0 Å². The molecule has 0 fully saturated rings. The van der Waals surface area contributed by atoms with E-state index < -0.39 is 0 Å². The first-order valence-corrected chi connectivity index (χ1v) is 6.11. The van der Waals surface area contributed by atoms with Crippen LogP contribution in [0.25, 0.3) is 0 Å².